The van der Waals surface area contributed by atoms with Crippen LogP contribution in [0.4, 0.5) is 0 Å². The fourth-order valence-electron chi connectivity index (χ4n) is 2.68. The molecular formula is C13H21N3O6S2. The number of nitrogens with one attached hydrogen (secondary N) is 1. The molecule has 1 aliphatic heterocycles. The first-order valence-corrected chi connectivity index (χ1v) is 10.8. The molecule has 0 saturated carbocycles. The van der Waals surface area contributed by atoms with Crippen LogP contribution in [-0.2, 0) is 24.7 Å². The van der Waals surface area contributed by atoms with E-state index in [1.807, 2.05) is 0 Å². The van der Waals surface area contributed by atoms with Crippen molar-refractivity contribution in [3.8, 4) is 0 Å². The molecule has 1 atom stereocenters. The number of aromatic nitrogens is 1. The molecule has 1 amide bonds. The van der Waals surface area contributed by atoms with Gasteiger partial charge in [0.2, 0.25) is 15.9 Å². The number of rotatable bonds is 6. The summed E-state index contributed by atoms with van der Waals surface area (Å²) in [6, 6.07) is -0.469. The Labute approximate surface area is 141 Å². The summed E-state index contributed by atoms with van der Waals surface area (Å²) in [5.74, 6) is -0.448. The highest BCUT2D eigenvalue weighted by molar-refractivity contribution is 7.91. The minimum Gasteiger partial charge on any atom is -0.360 e. The monoisotopic (exact) mass is 379 g/mol. The van der Waals surface area contributed by atoms with Crippen molar-refractivity contribution in [3.05, 3.63) is 11.5 Å². The molecule has 1 saturated heterocycles. The van der Waals surface area contributed by atoms with Crippen molar-refractivity contribution in [1.29, 1.82) is 0 Å². The van der Waals surface area contributed by atoms with Gasteiger partial charge in [0.1, 0.15) is 10.6 Å². The molecule has 0 radical (unpaired) electrons. The molecule has 0 unspecified atom stereocenters. The van der Waals surface area contributed by atoms with Crippen molar-refractivity contribution < 1.29 is 26.2 Å². The Balaban J connectivity index is 2.10. The molecule has 2 rings (SSSR count). The van der Waals surface area contributed by atoms with E-state index < -0.39 is 31.8 Å². The minimum absolute atomic E-state index is 0.0345. The Kier molecular flexibility index (Phi) is 5.35. The van der Waals surface area contributed by atoms with Gasteiger partial charge in [-0.1, -0.05) is 12.1 Å². The fourth-order valence-corrected chi connectivity index (χ4v) is 6.05. The van der Waals surface area contributed by atoms with Crippen molar-refractivity contribution in [2.75, 3.05) is 24.6 Å². The number of hydrogen-bond acceptors (Lipinski definition) is 7. The zero-order valence-corrected chi connectivity index (χ0v) is 15.4. The number of amides is 1. The standard InChI is InChI=1S/C13H21N3O6S2/c1-4-16(24(20,21)13-9(2)15-22-10(13)3)7-12(17)14-11-5-6-23(18,19)8-11/h11H,4-8H2,1-3H3,(H,14,17)/t11-/m1/s1. The van der Waals surface area contributed by atoms with E-state index >= 15 is 0 Å². The lowest BCUT2D eigenvalue weighted by molar-refractivity contribution is -0.121. The summed E-state index contributed by atoms with van der Waals surface area (Å²) in [5, 5.41) is 6.21. The van der Waals surface area contributed by atoms with Crippen LogP contribution in [0.1, 0.15) is 24.8 Å². The maximum Gasteiger partial charge on any atom is 0.248 e. The quantitative estimate of drug-likeness (QED) is 0.713. The highest BCUT2D eigenvalue weighted by Gasteiger charge is 2.33. The van der Waals surface area contributed by atoms with Crippen molar-refractivity contribution in [3.63, 3.8) is 0 Å². The zero-order chi connectivity index (χ0) is 18.1. The number of sulfone groups is 1. The molecule has 24 heavy (non-hydrogen) atoms. The van der Waals surface area contributed by atoms with Crippen LogP contribution >= 0.6 is 0 Å². The lowest BCUT2D eigenvalue weighted by atomic mass is 10.2. The molecule has 1 aliphatic rings. The SMILES string of the molecule is CCN(CC(=O)N[C@@H]1CCS(=O)(=O)C1)S(=O)(=O)c1c(C)noc1C. The summed E-state index contributed by atoms with van der Waals surface area (Å²) in [6.07, 6.45) is 0.344. The Hall–Kier alpha value is -1.46. The van der Waals surface area contributed by atoms with Gasteiger partial charge in [0.05, 0.1) is 18.1 Å². The van der Waals surface area contributed by atoms with E-state index in [0.29, 0.717) is 6.42 Å². The lowest BCUT2D eigenvalue weighted by Gasteiger charge is -2.20. The van der Waals surface area contributed by atoms with Gasteiger partial charge >= 0.3 is 0 Å². The molecule has 1 aromatic heterocycles. The average Bonchev–Trinajstić information content (AvgIpc) is 2.98. The predicted molar refractivity (Wildman–Crippen MR) is 85.6 cm³/mol. The van der Waals surface area contributed by atoms with Crippen molar-refractivity contribution >= 4 is 25.8 Å². The van der Waals surface area contributed by atoms with Gasteiger partial charge in [-0.25, -0.2) is 16.8 Å². The smallest absolute Gasteiger partial charge is 0.248 e. The van der Waals surface area contributed by atoms with Crippen molar-refractivity contribution in [2.45, 2.75) is 38.1 Å². The van der Waals surface area contributed by atoms with Gasteiger partial charge in [-0.05, 0) is 20.3 Å². The van der Waals surface area contributed by atoms with E-state index in [0.717, 1.165) is 4.31 Å². The summed E-state index contributed by atoms with van der Waals surface area (Å²) < 4.78 is 54.1. The number of carbonyl (C=O) groups excluding carboxylic acids is 1. The molecule has 0 aromatic carbocycles. The molecule has 136 valence electrons. The summed E-state index contributed by atoms with van der Waals surface area (Å²) in [7, 11) is -7.04. The van der Waals surface area contributed by atoms with E-state index in [1.54, 1.807) is 6.92 Å². The third-order valence-electron chi connectivity index (χ3n) is 3.84. The van der Waals surface area contributed by atoms with Crippen LogP contribution in [0.25, 0.3) is 0 Å². The van der Waals surface area contributed by atoms with Gasteiger partial charge in [0.15, 0.2) is 15.6 Å². The maximum absolute atomic E-state index is 12.7. The van der Waals surface area contributed by atoms with Crippen molar-refractivity contribution in [2.24, 2.45) is 0 Å². The van der Waals surface area contributed by atoms with Crippen LogP contribution in [0.15, 0.2) is 9.42 Å². The second-order valence-electron chi connectivity index (χ2n) is 5.75. The van der Waals surface area contributed by atoms with Crippen molar-refractivity contribution in [1.82, 2.24) is 14.8 Å². The molecule has 9 nitrogen and oxygen atoms in total. The molecule has 0 bridgehead atoms. The Morgan fingerprint density at radius 2 is 2.08 bits per heavy atom. The van der Waals surface area contributed by atoms with Gasteiger partial charge in [0.25, 0.3) is 0 Å². The molecule has 0 aliphatic carbocycles. The van der Waals surface area contributed by atoms with E-state index in [9.17, 15) is 21.6 Å². The summed E-state index contributed by atoms with van der Waals surface area (Å²) in [4.78, 5) is 12.1. The van der Waals surface area contributed by atoms with E-state index in [-0.39, 0.29) is 40.9 Å². The van der Waals surface area contributed by atoms with Crippen LogP contribution in [0.2, 0.25) is 0 Å². The summed E-state index contributed by atoms with van der Waals surface area (Å²) >= 11 is 0. The minimum atomic E-state index is -3.92. The zero-order valence-electron chi connectivity index (χ0n) is 13.8. The second kappa shape index (κ2) is 6.81. The van der Waals surface area contributed by atoms with E-state index in [1.165, 1.54) is 13.8 Å². The van der Waals surface area contributed by atoms with E-state index in [4.69, 9.17) is 4.52 Å². The van der Waals surface area contributed by atoms with Gasteiger partial charge in [-0.3, -0.25) is 4.79 Å². The maximum atomic E-state index is 12.7. The molecule has 0 spiro atoms. The van der Waals surface area contributed by atoms with Gasteiger partial charge in [0, 0.05) is 12.6 Å². The fraction of sp³-hybridized carbons (Fsp3) is 0.692. The molecule has 1 aromatic rings. The average molecular weight is 379 g/mol. The van der Waals surface area contributed by atoms with Crippen LogP contribution in [0.5, 0.6) is 0 Å². The number of sulfonamides is 1. The first-order chi connectivity index (χ1) is 11.1. The van der Waals surface area contributed by atoms with Gasteiger partial charge in [-0.15, -0.1) is 0 Å². The summed E-state index contributed by atoms with van der Waals surface area (Å²) in [6.45, 7) is 4.32. The van der Waals surface area contributed by atoms with Crippen LogP contribution in [0, 0.1) is 13.8 Å². The normalized spacial score (nSPS) is 20.4. The molecule has 1 fully saturated rings. The lowest BCUT2D eigenvalue weighted by Crippen LogP contribution is -2.44. The largest absolute Gasteiger partial charge is 0.360 e. The number of aryl methyl sites for hydroxylation is 2. The van der Waals surface area contributed by atoms with E-state index in [2.05, 4.69) is 10.5 Å². The third kappa shape index (κ3) is 3.95. The van der Waals surface area contributed by atoms with Crippen LogP contribution in [-0.4, -0.2) is 62.8 Å². The topological polar surface area (TPSA) is 127 Å². The highest BCUT2D eigenvalue weighted by Crippen LogP contribution is 2.23. The second-order valence-corrected chi connectivity index (χ2v) is 9.86. The molecule has 1 N–H and O–H groups in total. The third-order valence-corrected chi connectivity index (χ3v) is 7.77. The predicted octanol–water partition coefficient (Wildman–Crippen LogP) is -0.395. The first kappa shape index (κ1) is 18.9. The van der Waals surface area contributed by atoms with Gasteiger partial charge < -0.3 is 9.84 Å². The molecular weight excluding hydrogens is 358 g/mol. The molecule has 11 heteroatoms. The number of carbonyl (C=O) groups is 1. The Bertz CT molecular complexity index is 808. The van der Waals surface area contributed by atoms with Gasteiger partial charge in [-0.2, -0.15) is 4.31 Å². The number of hydrogen-bond donors (Lipinski definition) is 1. The molecule has 2 heterocycles. The number of nitrogens with zero attached hydrogens (tertiary/aromatic N) is 2. The summed E-state index contributed by atoms with van der Waals surface area (Å²) in [5.41, 5.74) is 0.230. The highest BCUT2D eigenvalue weighted by atomic mass is 32.2. The Morgan fingerprint density at radius 1 is 1.42 bits per heavy atom. The Morgan fingerprint density at radius 3 is 2.54 bits per heavy atom. The number of likely N-dealkylation sites (N-methyl/N-ethyl adjacent to an activating group) is 1. The van der Waals surface area contributed by atoms with Crippen LogP contribution in [0.3, 0.4) is 0 Å². The van der Waals surface area contributed by atoms with Crippen LogP contribution < -0.4 is 5.32 Å². The first-order valence-electron chi connectivity index (χ1n) is 7.49.